The molecule has 1 fully saturated rings. The van der Waals surface area contributed by atoms with E-state index >= 15 is 0 Å². The molecule has 0 aromatic heterocycles. The smallest absolute Gasteiger partial charge is 0.251 e. The van der Waals surface area contributed by atoms with Crippen LogP contribution < -0.4 is 14.8 Å². The quantitative estimate of drug-likeness (QED) is 0.749. The van der Waals surface area contributed by atoms with Crippen molar-refractivity contribution >= 4 is 15.9 Å². The summed E-state index contributed by atoms with van der Waals surface area (Å²) >= 11 is 0. The van der Waals surface area contributed by atoms with E-state index in [1.165, 1.54) is 25.7 Å². The van der Waals surface area contributed by atoms with Gasteiger partial charge in [0.25, 0.3) is 5.91 Å². The SMILES string of the molecule is COc1ccc(C(=O)NC2CCCCC2C(C)(C)C)cc1S(=O)(=O)NC(C)C. The molecule has 1 aliphatic rings. The predicted molar refractivity (Wildman–Crippen MR) is 111 cm³/mol. The van der Waals surface area contributed by atoms with E-state index in [1.54, 1.807) is 19.9 Å². The van der Waals surface area contributed by atoms with Crippen molar-refractivity contribution in [3.63, 3.8) is 0 Å². The van der Waals surface area contributed by atoms with Gasteiger partial charge in [-0.25, -0.2) is 13.1 Å². The van der Waals surface area contributed by atoms with Crippen LogP contribution in [-0.4, -0.2) is 33.5 Å². The lowest BCUT2D eigenvalue weighted by Crippen LogP contribution is -2.46. The zero-order valence-corrected chi connectivity index (χ0v) is 18.7. The summed E-state index contributed by atoms with van der Waals surface area (Å²) in [6.07, 6.45) is 4.32. The lowest BCUT2D eigenvalue weighted by Gasteiger charge is -2.40. The van der Waals surface area contributed by atoms with Gasteiger partial charge in [-0.1, -0.05) is 33.6 Å². The minimum absolute atomic E-state index is 0.0210. The Labute approximate surface area is 169 Å². The van der Waals surface area contributed by atoms with Crippen LogP contribution in [0.3, 0.4) is 0 Å². The number of ether oxygens (including phenoxy) is 1. The minimum atomic E-state index is -3.78. The molecule has 0 radical (unpaired) electrons. The van der Waals surface area contributed by atoms with Crippen LogP contribution in [-0.2, 0) is 10.0 Å². The maximum Gasteiger partial charge on any atom is 0.251 e. The van der Waals surface area contributed by atoms with Crippen molar-refractivity contribution in [3.05, 3.63) is 23.8 Å². The van der Waals surface area contributed by atoms with E-state index in [1.807, 2.05) is 0 Å². The Hall–Kier alpha value is -1.60. The van der Waals surface area contributed by atoms with Crippen LogP contribution in [0.1, 0.15) is 70.7 Å². The number of hydrogen-bond donors (Lipinski definition) is 2. The molecule has 0 heterocycles. The molecule has 28 heavy (non-hydrogen) atoms. The fourth-order valence-corrected chi connectivity index (χ4v) is 5.44. The van der Waals surface area contributed by atoms with Gasteiger partial charge >= 0.3 is 0 Å². The van der Waals surface area contributed by atoms with Gasteiger partial charge in [0, 0.05) is 17.6 Å². The molecule has 158 valence electrons. The molecule has 1 saturated carbocycles. The molecule has 1 aliphatic carbocycles. The highest BCUT2D eigenvalue weighted by Gasteiger charge is 2.35. The standard InChI is InChI=1S/C21H34N2O4S/c1-14(2)23-28(25,26)19-13-15(11-12-18(19)27-6)20(24)22-17-10-8-7-9-16(17)21(3,4)5/h11-14,16-17,23H,7-10H2,1-6H3,(H,22,24). The van der Waals surface area contributed by atoms with E-state index in [9.17, 15) is 13.2 Å². The summed E-state index contributed by atoms with van der Waals surface area (Å²) in [6, 6.07) is 4.37. The number of amides is 1. The van der Waals surface area contributed by atoms with Gasteiger partial charge in [0.05, 0.1) is 7.11 Å². The number of methoxy groups -OCH3 is 1. The minimum Gasteiger partial charge on any atom is -0.495 e. The van der Waals surface area contributed by atoms with Crippen LogP contribution in [0.15, 0.2) is 23.1 Å². The molecule has 2 rings (SSSR count). The zero-order chi connectivity index (χ0) is 21.1. The van der Waals surface area contributed by atoms with Gasteiger partial charge in [-0.3, -0.25) is 4.79 Å². The first kappa shape index (κ1) is 22.7. The second-order valence-electron chi connectivity index (χ2n) is 8.98. The van der Waals surface area contributed by atoms with Crippen LogP contribution >= 0.6 is 0 Å². The third-order valence-electron chi connectivity index (χ3n) is 5.30. The van der Waals surface area contributed by atoms with Gasteiger partial charge in [-0.15, -0.1) is 0 Å². The summed E-state index contributed by atoms with van der Waals surface area (Å²) in [5.74, 6) is 0.369. The largest absolute Gasteiger partial charge is 0.495 e. The maximum atomic E-state index is 12.9. The average molecular weight is 411 g/mol. The molecule has 1 amide bonds. The third kappa shape index (κ3) is 5.47. The number of carbonyl (C=O) groups excluding carboxylic acids is 1. The van der Waals surface area contributed by atoms with Crippen LogP contribution in [0.2, 0.25) is 0 Å². The highest BCUT2D eigenvalue weighted by molar-refractivity contribution is 7.89. The normalized spacial score (nSPS) is 20.8. The predicted octanol–water partition coefficient (Wildman–Crippen LogP) is 3.72. The van der Waals surface area contributed by atoms with Crippen molar-refractivity contribution < 1.29 is 17.9 Å². The number of benzene rings is 1. The first-order valence-electron chi connectivity index (χ1n) is 9.97. The summed E-state index contributed by atoms with van der Waals surface area (Å²) in [5, 5.41) is 3.15. The fraction of sp³-hybridized carbons (Fsp3) is 0.667. The summed E-state index contributed by atoms with van der Waals surface area (Å²) in [5.41, 5.74) is 0.427. The Morgan fingerprint density at radius 2 is 1.82 bits per heavy atom. The molecule has 2 unspecified atom stereocenters. The molecule has 2 N–H and O–H groups in total. The average Bonchev–Trinajstić information content (AvgIpc) is 2.59. The number of nitrogens with one attached hydrogen (secondary N) is 2. The number of carbonyl (C=O) groups is 1. The van der Waals surface area contributed by atoms with Crippen LogP contribution in [0.5, 0.6) is 5.75 Å². The Balaban J connectivity index is 2.30. The molecular weight excluding hydrogens is 376 g/mol. The zero-order valence-electron chi connectivity index (χ0n) is 17.8. The molecule has 0 saturated heterocycles. The van der Waals surface area contributed by atoms with Gasteiger partial charge in [-0.2, -0.15) is 0 Å². The van der Waals surface area contributed by atoms with Gasteiger partial charge in [-0.05, 0) is 56.2 Å². The fourth-order valence-electron chi connectivity index (χ4n) is 3.99. The van der Waals surface area contributed by atoms with Crippen molar-refractivity contribution in [2.75, 3.05) is 7.11 Å². The highest BCUT2D eigenvalue weighted by atomic mass is 32.2. The second kappa shape index (κ2) is 8.82. The van der Waals surface area contributed by atoms with Crippen LogP contribution in [0.4, 0.5) is 0 Å². The number of rotatable bonds is 6. The summed E-state index contributed by atoms with van der Waals surface area (Å²) < 4.78 is 33.0. The number of hydrogen-bond acceptors (Lipinski definition) is 4. The molecule has 6 nitrogen and oxygen atoms in total. The maximum absolute atomic E-state index is 12.9. The molecule has 1 aromatic carbocycles. The molecule has 1 aromatic rings. The van der Waals surface area contributed by atoms with Crippen molar-refractivity contribution in [1.82, 2.24) is 10.0 Å². The lowest BCUT2D eigenvalue weighted by atomic mass is 9.69. The van der Waals surface area contributed by atoms with Crippen LogP contribution in [0.25, 0.3) is 0 Å². The highest BCUT2D eigenvalue weighted by Crippen LogP contribution is 2.38. The van der Waals surface area contributed by atoms with E-state index in [0.29, 0.717) is 11.5 Å². The van der Waals surface area contributed by atoms with E-state index in [2.05, 4.69) is 30.8 Å². The first-order chi connectivity index (χ1) is 13.0. The van der Waals surface area contributed by atoms with Gasteiger partial charge in [0.2, 0.25) is 10.0 Å². The summed E-state index contributed by atoms with van der Waals surface area (Å²) in [6.45, 7) is 10.1. The summed E-state index contributed by atoms with van der Waals surface area (Å²) in [4.78, 5) is 12.9. The summed E-state index contributed by atoms with van der Waals surface area (Å²) in [7, 11) is -2.36. The monoisotopic (exact) mass is 410 g/mol. The Morgan fingerprint density at radius 3 is 2.39 bits per heavy atom. The molecular formula is C21H34N2O4S. The van der Waals surface area contributed by atoms with Gasteiger partial charge in [0.1, 0.15) is 10.6 Å². The van der Waals surface area contributed by atoms with Crippen LogP contribution in [0, 0.1) is 11.3 Å². The van der Waals surface area contributed by atoms with Gasteiger partial charge in [0.15, 0.2) is 0 Å². The van der Waals surface area contributed by atoms with E-state index in [4.69, 9.17) is 4.74 Å². The van der Waals surface area contributed by atoms with Crippen molar-refractivity contribution in [2.45, 2.75) is 77.3 Å². The molecule has 7 heteroatoms. The van der Waals surface area contributed by atoms with E-state index in [-0.39, 0.29) is 34.1 Å². The second-order valence-corrected chi connectivity index (χ2v) is 10.7. The molecule has 0 aliphatic heterocycles. The van der Waals surface area contributed by atoms with Crippen molar-refractivity contribution in [2.24, 2.45) is 11.3 Å². The third-order valence-corrected chi connectivity index (χ3v) is 6.98. The van der Waals surface area contributed by atoms with E-state index in [0.717, 1.165) is 19.3 Å². The lowest BCUT2D eigenvalue weighted by molar-refractivity contribution is 0.0830. The Kier molecular flexibility index (Phi) is 7.15. The Bertz CT molecular complexity index is 797. The molecule has 2 atom stereocenters. The molecule has 0 spiro atoms. The Morgan fingerprint density at radius 1 is 1.18 bits per heavy atom. The first-order valence-corrected chi connectivity index (χ1v) is 11.4. The molecule has 0 bridgehead atoms. The number of sulfonamides is 1. The van der Waals surface area contributed by atoms with E-state index < -0.39 is 10.0 Å². The van der Waals surface area contributed by atoms with Crippen molar-refractivity contribution in [1.29, 1.82) is 0 Å². The van der Waals surface area contributed by atoms with Crippen molar-refractivity contribution in [3.8, 4) is 5.75 Å². The topological polar surface area (TPSA) is 84.5 Å². The van der Waals surface area contributed by atoms with Gasteiger partial charge < -0.3 is 10.1 Å².